The minimum absolute atomic E-state index is 0.224. The van der Waals surface area contributed by atoms with Crippen molar-refractivity contribution in [3.05, 3.63) is 18.5 Å². The van der Waals surface area contributed by atoms with Gasteiger partial charge in [-0.25, -0.2) is 4.79 Å². The summed E-state index contributed by atoms with van der Waals surface area (Å²) in [6.45, 7) is 0.651. The molecule has 0 atom stereocenters. The van der Waals surface area contributed by atoms with E-state index in [0.717, 1.165) is 17.7 Å². The summed E-state index contributed by atoms with van der Waals surface area (Å²) in [6, 6.07) is 1.16. The molecular weight excluding hydrogens is 260 g/mol. The highest BCUT2D eigenvalue weighted by Gasteiger charge is 2.54. The standard InChI is InChI=1S/C13H16N4O3/c18-10-13(4-1-2-5-13)11(19)17(12(20)15-10)9-8-16-7-3-6-14-16/h3,6-7H,1-2,4-5,8-9H2,(H,15,18,20). The van der Waals surface area contributed by atoms with Crippen molar-refractivity contribution >= 4 is 17.8 Å². The van der Waals surface area contributed by atoms with Crippen LogP contribution in [0.15, 0.2) is 18.5 Å². The SMILES string of the molecule is O=C1NC(=O)C2(CCCC2)C(=O)N1CCn1cccn1. The minimum atomic E-state index is -1.02. The Morgan fingerprint density at radius 2 is 1.95 bits per heavy atom. The smallest absolute Gasteiger partial charge is 0.277 e. The molecule has 7 heteroatoms. The number of barbiturate groups is 1. The lowest BCUT2D eigenvalue weighted by Crippen LogP contribution is -2.63. The van der Waals surface area contributed by atoms with E-state index in [9.17, 15) is 14.4 Å². The molecule has 2 aliphatic rings. The summed E-state index contributed by atoms with van der Waals surface area (Å²) in [5.41, 5.74) is -1.02. The predicted octanol–water partition coefficient (Wildman–Crippen LogP) is 0.522. The number of aromatic nitrogens is 2. The summed E-state index contributed by atoms with van der Waals surface area (Å²) in [6.07, 6.45) is 6.16. The molecule has 3 rings (SSSR count). The van der Waals surface area contributed by atoms with Crippen LogP contribution in [0.4, 0.5) is 4.79 Å². The highest BCUT2D eigenvalue weighted by atomic mass is 16.2. The summed E-state index contributed by atoms with van der Waals surface area (Å²) >= 11 is 0. The maximum absolute atomic E-state index is 12.5. The fourth-order valence-corrected chi connectivity index (χ4v) is 2.99. The van der Waals surface area contributed by atoms with Crippen LogP contribution in [-0.2, 0) is 16.1 Å². The van der Waals surface area contributed by atoms with Crippen molar-refractivity contribution < 1.29 is 14.4 Å². The molecule has 4 amide bonds. The van der Waals surface area contributed by atoms with Crippen molar-refractivity contribution in [1.82, 2.24) is 20.0 Å². The third-order valence-electron chi connectivity index (χ3n) is 4.12. The maximum Gasteiger partial charge on any atom is 0.330 e. The lowest BCUT2D eigenvalue weighted by Gasteiger charge is -2.36. The van der Waals surface area contributed by atoms with Gasteiger partial charge in [0.1, 0.15) is 5.41 Å². The van der Waals surface area contributed by atoms with E-state index in [0.29, 0.717) is 19.4 Å². The van der Waals surface area contributed by atoms with Crippen LogP contribution >= 0.6 is 0 Å². The number of hydrogen-bond acceptors (Lipinski definition) is 4. The molecule has 1 saturated carbocycles. The normalized spacial score (nSPS) is 21.6. The second kappa shape index (κ2) is 4.73. The van der Waals surface area contributed by atoms with Gasteiger partial charge in [-0.15, -0.1) is 0 Å². The Kier molecular flexibility index (Phi) is 3.04. The van der Waals surface area contributed by atoms with Crippen molar-refractivity contribution in [2.45, 2.75) is 32.2 Å². The Morgan fingerprint density at radius 1 is 1.20 bits per heavy atom. The first-order chi connectivity index (χ1) is 9.63. The Balaban J connectivity index is 1.77. The van der Waals surface area contributed by atoms with Gasteiger partial charge in [0.25, 0.3) is 0 Å². The number of amides is 4. The highest BCUT2D eigenvalue weighted by molar-refractivity contribution is 6.19. The first-order valence-corrected chi connectivity index (χ1v) is 6.78. The van der Waals surface area contributed by atoms with E-state index in [4.69, 9.17) is 0 Å². The third-order valence-corrected chi connectivity index (χ3v) is 4.12. The third kappa shape index (κ3) is 1.90. The van der Waals surface area contributed by atoms with Gasteiger partial charge in [0.15, 0.2) is 0 Å². The number of carbonyl (C=O) groups is 3. The van der Waals surface area contributed by atoms with Gasteiger partial charge in [-0.1, -0.05) is 12.8 Å². The maximum atomic E-state index is 12.5. The van der Waals surface area contributed by atoms with Crippen LogP contribution in [0.25, 0.3) is 0 Å². The summed E-state index contributed by atoms with van der Waals surface area (Å²) in [5, 5.41) is 6.35. The van der Waals surface area contributed by atoms with E-state index in [1.54, 1.807) is 23.1 Å². The Hall–Kier alpha value is -2.18. The molecule has 1 saturated heterocycles. The van der Waals surface area contributed by atoms with Crippen LogP contribution in [0.2, 0.25) is 0 Å². The van der Waals surface area contributed by atoms with Crippen LogP contribution in [0.5, 0.6) is 0 Å². The molecule has 1 aromatic rings. The van der Waals surface area contributed by atoms with E-state index in [1.807, 2.05) is 0 Å². The number of carbonyl (C=O) groups excluding carboxylic acids is 3. The van der Waals surface area contributed by atoms with Gasteiger partial charge in [-0.3, -0.25) is 24.5 Å². The van der Waals surface area contributed by atoms with Gasteiger partial charge in [-0.05, 0) is 18.9 Å². The summed E-state index contributed by atoms with van der Waals surface area (Å²) in [4.78, 5) is 37.6. The molecular formula is C13H16N4O3. The fraction of sp³-hybridized carbons (Fsp3) is 0.538. The monoisotopic (exact) mass is 276 g/mol. The summed E-state index contributed by atoms with van der Waals surface area (Å²) in [5.74, 6) is -0.781. The molecule has 106 valence electrons. The van der Waals surface area contributed by atoms with Gasteiger partial charge in [-0.2, -0.15) is 5.10 Å². The predicted molar refractivity (Wildman–Crippen MR) is 68.4 cm³/mol. The zero-order valence-corrected chi connectivity index (χ0v) is 11.0. The molecule has 0 radical (unpaired) electrons. The van der Waals surface area contributed by atoms with E-state index in [2.05, 4.69) is 10.4 Å². The second-order valence-electron chi connectivity index (χ2n) is 5.27. The van der Waals surface area contributed by atoms with Gasteiger partial charge in [0.2, 0.25) is 11.8 Å². The number of imide groups is 2. The second-order valence-corrected chi connectivity index (χ2v) is 5.27. The molecule has 2 heterocycles. The number of nitrogens with zero attached hydrogens (tertiary/aromatic N) is 3. The number of urea groups is 1. The molecule has 1 spiro atoms. The van der Waals surface area contributed by atoms with E-state index < -0.39 is 17.4 Å². The first kappa shape index (κ1) is 12.8. The van der Waals surface area contributed by atoms with Crippen LogP contribution in [0, 0.1) is 5.41 Å². The molecule has 0 unspecified atom stereocenters. The largest absolute Gasteiger partial charge is 0.330 e. The van der Waals surface area contributed by atoms with Crippen LogP contribution in [0.3, 0.4) is 0 Å². The molecule has 1 N–H and O–H groups in total. The van der Waals surface area contributed by atoms with Gasteiger partial charge in [0.05, 0.1) is 13.1 Å². The molecule has 1 aliphatic carbocycles. The van der Waals surface area contributed by atoms with Crippen molar-refractivity contribution in [3.63, 3.8) is 0 Å². The van der Waals surface area contributed by atoms with Gasteiger partial charge < -0.3 is 0 Å². The van der Waals surface area contributed by atoms with E-state index >= 15 is 0 Å². The Morgan fingerprint density at radius 3 is 2.60 bits per heavy atom. The minimum Gasteiger partial charge on any atom is -0.277 e. The van der Waals surface area contributed by atoms with E-state index in [1.165, 1.54) is 0 Å². The van der Waals surface area contributed by atoms with Crippen molar-refractivity contribution in [1.29, 1.82) is 0 Å². The fourth-order valence-electron chi connectivity index (χ4n) is 2.99. The first-order valence-electron chi connectivity index (χ1n) is 6.78. The zero-order valence-electron chi connectivity index (χ0n) is 11.0. The van der Waals surface area contributed by atoms with Crippen LogP contribution in [0.1, 0.15) is 25.7 Å². The topological polar surface area (TPSA) is 84.3 Å². The number of rotatable bonds is 3. The number of nitrogens with one attached hydrogen (secondary N) is 1. The van der Waals surface area contributed by atoms with Crippen LogP contribution < -0.4 is 5.32 Å². The Labute approximate surface area is 115 Å². The van der Waals surface area contributed by atoms with Gasteiger partial charge >= 0.3 is 6.03 Å². The highest BCUT2D eigenvalue weighted by Crippen LogP contribution is 2.41. The molecule has 20 heavy (non-hydrogen) atoms. The summed E-state index contributed by atoms with van der Waals surface area (Å²) < 4.78 is 1.65. The average Bonchev–Trinajstić information content (AvgIpc) is 3.09. The zero-order chi connectivity index (χ0) is 14.2. The quantitative estimate of drug-likeness (QED) is 0.816. The van der Waals surface area contributed by atoms with Crippen molar-refractivity contribution in [2.75, 3.05) is 6.54 Å². The lowest BCUT2D eigenvalue weighted by molar-refractivity contribution is -0.151. The Bertz CT molecular complexity index is 546. The van der Waals surface area contributed by atoms with Crippen molar-refractivity contribution in [3.8, 4) is 0 Å². The summed E-state index contributed by atoms with van der Waals surface area (Å²) in [7, 11) is 0. The molecule has 1 aromatic heterocycles. The van der Waals surface area contributed by atoms with Crippen LogP contribution in [-0.4, -0.2) is 39.1 Å². The lowest BCUT2D eigenvalue weighted by atomic mass is 9.82. The van der Waals surface area contributed by atoms with Crippen molar-refractivity contribution in [2.24, 2.45) is 5.41 Å². The average molecular weight is 276 g/mol. The molecule has 0 bridgehead atoms. The molecule has 2 fully saturated rings. The molecule has 1 aliphatic heterocycles. The van der Waals surface area contributed by atoms with E-state index in [-0.39, 0.29) is 12.5 Å². The number of hydrogen-bond donors (Lipinski definition) is 1. The molecule has 7 nitrogen and oxygen atoms in total. The molecule has 0 aromatic carbocycles. The van der Waals surface area contributed by atoms with Gasteiger partial charge in [0, 0.05) is 12.4 Å².